The molecular formula is C16H19N3O4. The van der Waals surface area contributed by atoms with Gasteiger partial charge in [0.25, 0.3) is 0 Å². The molecule has 0 unspecified atom stereocenters. The predicted molar refractivity (Wildman–Crippen MR) is 81.2 cm³/mol. The van der Waals surface area contributed by atoms with Crippen LogP contribution in [0.5, 0.6) is 11.5 Å². The summed E-state index contributed by atoms with van der Waals surface area (Å²) >= 11 is 0. The zero-order valence-corrected chi connectivity index (χ0v) is 12.8. The van der Waals surface area contributed by atoms with E-state index in [1.54, 1.807) is 0 Å². The summed E-state index contributed by atoms with van der Waals surface area (Å²) in [6, 6.07) is 5.85. The van der Waals surface area contributed by atoms with E-state index in [0.717, 1.165) is 36.4 Å². The number of carbonyl (C=O) groups excluding carboxylic acids is 2. The molecule has 3 heterocycles. The first-order valence-corrected chi connectivity index (χ1v) is 7.94. The van der Waals surface area contributed by atoms with Crippen molar-refractivity contribution >= 4 is 11.9 Å². The molecule has 0 bridgehead atoms. The Bertz CT molecular complexity index is 648. The molecule has 4 rings (SSSR count). The highest BCUT2D eigenvalue weighted by Crippen LogP contribution is 2.38. The largest absolute Gasteiger partial charge is 0.454 e. The van der Waals surface area contributed by atoms with Crippen molar-refractivity contribution in [1.29, 1.82) is 0 Å². The van der Waals surface area contributed by atoms with Crippen molar-refractivity contribution < 1.29 is 19.1 Å². The number of nitrogens with one attached hydrogen (secondary N) is 1. The molecule has 0 aliphatic carbocycles. The molecule has 23 heavy (non-hydrogen) atoms. The maximum atomic E-state index is 12.4. The molecule has 7 nitrogen and oxygen atoms in total. The van der Waals surface area contributed by atoms with Crippen molar-refractivity contribution in [2.75, 3.05) is 33.0 Å². The second-order valence-electron chi connectivity index (χ2n) is 6.02. The van der Waals surface area contributed by atoms with E-state index in [9.17, 15) is 9.59 Å². The number of rotatable bonds is 3. The molecule has 7 heteroatoms. The van der Waals surface area contributed by atoms with Crippen LogP contribution in [0.15, 0.2) is 18.2 Å². The number of imide groups is 1. The van der Waals surface area contributed by atoms with Gasteiger partial charge in [-0.05, 0) is 37.1 Å². The SMILES string of the molecule is O=C(CN1CCC[C@@H]1c1ccc2c(c1)OCO2)N1CCNC1=O. The molecule has 0 saturated carbocycles. The standard InChI is InChI=1S/C16H19N3O4/c20-15(19-7-5-17-16(19)21)9-18-6-1-2-12(18)11-3-4-13-14(8-11)23-10-22-13/h3-4,8,12H,1-2,5-7,9-10H2,(H,17,21)/t12-/m1/s1. The summed E-state index contributed by atoms with van der Waals surface area (Å²) in [5.74, 6) is 1.40. The van der Waals surface area contributed by atoms with Gasteiger partial charge in [-0.25, -0.2) is 4.79 Å². The van der Waals surface area contributed by atoms with Gasteiger partial charge in [0.05, 0.1) is 6.54 Å². The quantitative estimate of drug-likeness (QED) is 0.904. The number of amides is 3. The average Bonchev–Trinajstić information content (AvgIpc) is 3.26. The fraction of sp³-hybridized carbons (Fsp3) is 0.500. The Hall–Kier alpha value is -2.28. The van der Waals surface area contributed by atoms with Crippen molar-refractivity contribution in [1.82, 2.24) is 15.1 Å². The smallest absolute Gasteiger partial charge is 0.324 e. The number of urea groups is 1. The summed E-state index contributed by atoms with van der Waals surface area (Å²) in [5, 5.41) is 2.66. The van der Waals surface area contributed by atoms with Crippen LogP contribution in [0.3, 0.4) is 0 Å². The molecule has 3 aliphatic rings. The molecule has 1 N–H and O–H groups in total. The van der Waals surface area contributed by atoms with Crippen LogP contribution in [-0.4, -0.2) is 54.7 Å². The van der Waals surface area contributed by atoms with Crippen LogP contribution < -0.4 is 14.8 Å². The van der Waals surface area contributed by atoms with E-state index in [2.05, 4.69) is 10.2 Å². The molecule has 122 valence electrons. The number of hydrogen-bond acceptors (Lipinski definition) is 5. The number of likely N-dealkylation sites (tertiary alicyclic amines) is 1. The molecule has 1 aromatic rings. The highest BCUT2D eigenvalue weighted by molar-refractivity contribution is 5.96. The van der Waals surface area contributed by atoms with E-state index in [0.29, 0.717) is 13.1 Å². The van der Waals surface area contributed by atoms with E-state index >= 15 is 0 Å². The lowest BCUT2D eigenvalue weighted by atomic mass is 10.0. The van der Waals surface area contributed by atoms with Gasteiger partial charge in [0.1, 0.15) is 0 Å². The normalized spacial score (nSPS) is 23.4. The molecule has 3 aliphatic heterocycles. The van der Waals surface area contributed by atoms with Gasteiger partial charge in [0.2, 0.25) is 12.7 Å². The van der Waals surface area contributed by atoms with Crippen LogP contribution in [-0.2, 0) is 4.79 Å². The van der Waals surface area contributed by atoms with Gasteiger partial charge >= 0.3 is 6.03 Å². The van der Waals surface area contributed by atoms with E-state index in [1.165, 1.54) is 4.90 Å². The second kappa shape index (κ2) is 5.73. The Balaban J connectivity index is 1.48. The first kappa shape index (κ1) is 14.3. The van der Waals surface area contributed by atoms with Crippen LogP contribution in [0.4, 0.5) is 4.79 Å². The summed E-state index contributed by atoms with van der Waals surface area (Å²) in [5.41, 5.74) is 1.13. The lowest BCUT2D eigenvalue weighted by Crippen LogP contribution is -2.41. The maximum Gasteiger partial charge on any atom is 0.324 e. The highest BCUT2D eigenvalue weighted by atomic mass is 16.7. The van der Waals surface area contributed by atoms with Crippen molar-refractivity contribution in [2.24, 2.45) is 0 Å². The monoisotopic (exact) mass is 317 g/mol. The topological polar surface area (TPSA) is 71.1 Å². The van der Waals surface area contributed by atoms with Gasteiger partial charge in [-0.3, -0.25) is 14.6 Å². The van der Waals surface area contributed by atoms with Gasteiger partial charge in [-0.2, -0.15) is 0 Å². The minimum atomic E-state index is -0.283. The Morgan fingerprint density at radius 1 is 1.26 bits per heavy atom. The summed E-state index contributed by atoms with van der Waals surface area (Å²) in [4.78, 5) is 27.4. The fourth-order valence-electron chi connectivity index (χ4n) is 3.48. The lowest BCUT2D eigenvalue weighted by Gasteiger charge is -2.25. The third kappa shape index (κ3) is 2.61. The second-order valence-corrected chi connectivity index (χ2v) is 6.02. The molecule has 0 aromatic heterocycles. The summed E-state index contributed by atoms with van der Waals surface area (Å²) in [6.07, 6.45) is 2.04. The zero-order chi connectivity index (χ0) is 15.8. The minimum Gasteiger partial charge on any atom is -0.454 e. The van der Waals surface area contributed by atoms with E-state index < -0.39 is 0 Å². The fourth-order valence-corrected chi connectivity index (χ4v) is 3.48. The Morgan fingerprint density at radius 2 is 2.13 bits per heavy atom. The number of hydrogen-bond donors (Lipinski definition) is 1. The van der Waals surface area contributed by atoms with Gasteiger partial charge in [0, 0.05) is 19.1 Å². The third-order valence-electron chi connectivity index (χ3n) is 4.64. The number of nitrogens with zero attached hydrogens (tertiary/aromatic N) is 2. The molecule has 0 spiro atoms. The Kier molecular flexibility index (Phi) is 3.57. The molecule has 2 fully saturated rings. The van der Waals surface area contributed by atoms with Crippen LogP contribution in [0.25, 0.3) is 0 Å². The summed E-state index contributed by atoms with van der Waals surface area (Å²) in [6.45, 7) is 2.39. The van der Waals surface area contributed by atoms with Crippen LogP contribution in [0.2, 0.25) is 0 Å². The van der Waals surface area contributed by atoms with Crippen molar-refractivity contribution in [3.05, 3.63) is 23.8 Å². The maximum absolute atomic E-state index is 12.4. The van der Waals surface area contributed by atoms with Gasteiger partial charge in [-0.1, -0.05) is 6.07 Å². The predicted octanol–water partition coefficient (Wildman–Crippen LogP) is 1.10. The highest BCUT2D eigenvalue weighted by Gasteiger charge is 2.33. The molecule has 3 amide bonds. The van der Waals surface area contributed by atoms with Crippen LogP contribution in [0.1, 0.15) is 24.4 Å². The first-order valence-electron chi connectivity index (χ1n) is 7.94. The Morgan fingerprint density at radius 3 is 2.96 bits per heavy atom. The number of ether oxygens (including phenoxy) is 2. The summed E-state index contributed by atoms with van der Waals surface area (Å²) < 4.78 is 10.8. The molecule has 0 radical (unpaired) electrons. The van der Waals surface area contributed by atoms with Crippen molar-refractivity contribution in [2.45, 2.75) is 18.9 Å². The molecule has 1 atom stereocenters. The van der Waals surface area contributed by atoms with Crippen molar-refractivity contribution in [3.8, 4) is 11.5 Å². The third-order valence-corrected chi connectivity index (χ3v) is 4.64. The zero-order valence-electron chi connectivity index (χ0n) is 12.8. The molecule has 2 saturated heterocycles. The number of carbonyl (C=O) groups is 2. The van der Waals surface area contributed by atoms with E-state index in [-0.39, 0.29) is 31.3 Å². The van der Waals surface area contributed by atoms with Gasteiger partial charge in [0.15, 0.2) is 11.5 Å². The van der Waals surface area contributed by atoms with E-state index in [1.807, 2.05) is 18.2 Å². The summed E-state index contributed by atoms with van der Waals surface area (Å²) in [7, 11) is 0. The van der Waals surface area contributed by atoms with Crippen LogP contribution in [0, 0.1) is 0 Å². The van der Waals surface area contributed by atoms with Crippen LogP contribution >= 0.6 is 0 Å². The van der Waals surface area contributed by atoms with Crippen molar-refractivity contribution in [3.63, 3.8) is 0 Å². The van der Waals surface area contributed by atoms with Gasteiger partial charge < -0.3 is 14.8 Å². The first-order chi connectivity index (χ1) is 11.2. The minimum absolute atomic E-state index is 0.132. The number of benzene rings is 1. The lowest BCUT2D eigenvalue weighted by molar-refractivity contribution is -0.129. The molecular weight excluding hydrogens is 298 g/mol. The van der Waals surface area contributed by atoms with E-state index in [4.69, 9.17) is 9.47 Å². The Labute approximate surface area is 134 Å². The average molecular weight is 317 g/mol. The van der Waals surface area contributed by atoms with Gasteiger partial charge in [-0.15, -0.1) is 0 Å². The molecule has 1 aromatic carbocycles. The number of fused-ring (bicyclic) bond motifs is 1.